The summed E-state index contributed by atoms with van der Waals surface area (Å²) in [7, 11) is -3.86. The summed E-state index contributed by atoms with van der Waals surface area (Å²) in [5.41, 5.74) is 2.45. The van der Waals surface area contributed by atoms with Crippen molar-refractivity contribution in [3.63, 3.8) is 0 Å². The second-order valence-electron chi connectivity index (χ2n) is 8.41. The van der Waals surface area contributed by atoms with Gasteiger partial charge in [-0.1, -0.05) is 46.3 Å². The number of aromatic nitrogens is 1. The summed E-state index contributed by atoms with van der Waals surface area (Å²) in [6.45, 7) is 2.05. The maximum Gasteiger partial charge on any atom is 0.264 e. The van der Waals surface area contributed by atoms with E-state index in [2.05, 4.69) is 42.7 Å². The van der Waals surface area contributed by atoms with E-state index in [1.807, 2.05) is 30.5 Å². The van der Waals surface area contributed by atoms with Crippen LogP contribution in [0.25, 0.3) is 10.9 Å². The number of carbonyl (C=O) groups is 1. The van der Waals surface area contributed by atoms with Gasteiger partial charge in [0.15, 0.2) is 0 Å². The third-order valence-corrected chi connectivity index (χ3v) is 7.86. The van der Waals surface area contributed by atoms with Gasteiger partial charge in [-0.15, -0.1) is 0 Å². The van der Waals surface area contributed by atoms with Gasteiger partial charge in [-0.2, -0.15) is 0 Å². The van der Waals surface area contributed by atoms with Gasteiger partial charge in [0, 0.05) is 59.3 Å². The molecule has 1 N–H and O–H groups in total. The SMILES string of the molecule is O=C(c1ccc(NS(=O)(=O)c2cccc3cccnc23)cc1)N1C=CN(Cc2ccc(Br)cc2)CC1. The highest BCUT2D eigenvalue weighted by Gasteiger charge is 2.20. The first-order chi connectivity index (χ1) is 17.4. The molecular formula is C27H23BrN4O3S. The minimum absolute atomic E-state index is 0.104. The summed E-state index contributed by atoms with van der Waals surface area (Å²) in [6.07, 6.45) is 5.27. The van der Waals surface area contributed by atoms with E-state index in [4.69, 9.17) is 0 Å². The van der Waals surface area contributed by atoms with Crippen LogP contribution in [0.1, 0.15) is 15.9 Å². The zero-order valence-corrected chi connectivity index (χ0v) is 21.6. The Morgan fingerprint density at radius 3 is 2.39 bits per heavy atom. The molecule has 1 amide bonds. The average molecular weight is 563 g/mol. The minimum Gasteiger partial charge on any atom is -0.370 e. The molecule has 0 bridgehead atoms. The molecule has 0 aliphatic carbocycles. The van der Waals surface area contributed by atoms with Crippen molar-refractivity contribution in [2.45, 2.75) is 11.4 Å². The number of sulfonamides is 1. The molecule has 5 rings (SSSR count). The molecule has 0 unspecified atom stereocenters. The zero-order valence-electron chi connectivity index (χ0n) is 19.2. The predicted molar refractivity (Wildman–Crippen MR) is 144 cm³/mol. The third kappa shape index (κ3) is 5.27. The summed E-state index contributed by atoms with van der Waals surface area (Å²) in [5.74, 6) is -0.137. The fraction of sp³-hybridized carbons (Fsp3) is 0.111. The molecule has 36 heavy (non-hydrogen) atoms. The molecule has 0 saturated carbocycles. The van der Waals surface area contributed by atoms with Gasteiger partial charge in [0.05, 0.1) is 5.52 Å². The predicted octanol–water partition coefficient (Wildman–Crippen LogP) is 5.23. The van der Waals surface area contributed by atoms with Crippen molar-refractivity contribution in [2.24, 2.45) is 0 Å². The smallest absolute Gasteiger partial charge is 0.264 e. The Balaban J connectivity index is 1.24. The molecule has 7 nitrogen and oxygen atoms in total. The third-order valence-electron chi connectivity index (χ3n) is 5.91. The molecule has 1 aliphatic rings. The highest BCUT2D eigenvalue weighted by molar-refractivity contribution is 9.10. The number of anilines is 1. The van der Waals surface area contributed by atoms with Crippen LogP contribution in [0.3, 0.4) is 0 Å². The van der Waals surface area contributed by atoms with Crippen molar-refractivity contribution >= 4 is 48.5 Å². The van der Waals surface area contributed by atoms with Crippen LogP contribution in [-0.4, -0.2) is 42.2 Å². The Morgan fingerprint density at radius 1 is 0.917 bits per heavy atom. The van der Waals surface area contributed by atoms with Gasteiger partial charge < -0.3 is 9.80 Å². The normalized spacial score (nSPS) is 13.7. The number of pyridine rings is 1. The van der Waals surface area contributed by atoms with Crippen molar-refractivity contribution in [3.05, 3.63) is 113 Å². The number of nitrogens with one attached hydrogen (secondary N) is 1. The summed E-state index contributed by atoms with van der Waals surface area (Å²) in [5, 5.41) is 0.742. The number of rotatable bonds is 6. The van der Waals surface area contributed by atoms with Gasteiger partial charge in [-0.3, -0.25) is 14.5 Å². The standard InChI is InChI=1S/C27H23BrN4O3S/c28-23-10-6-20(7-11-23)19-31-15-17-32(18-16-31)27(33)22-8-12-24(13-9-22)30-36(34,35)25-5-1-3-21-4-2-14-29-26(21)25/h1-15,17,30H,16,18-19H2. The van der Waals surface area contributed by atoms with Crippen LogP contribution in [0.2, 0.25) is 0 Å². The fourth-order valence-corrected chi connectivity index (χ4v) is 5.54. The second kappa shape index (κ2) is 10.1. The largest absolute Gasteiger partial charge is 0.370 e. The Morgan fingerprint density at radius 2 is 1.67 bits per heavy atom. The Bertz CT molecular complexity index is 1530. The van der Waals surface area contributed by atoms with Crippen LogP contribution < -0.4 is 4.72 Å². The van der Waals surface area contributed by atoms with Crippen LogP contribution in [0.4, 0.5) is 5.69 Å². The van der Waals surface area contributed by atoms with E-state index >= 15 is 0 Å². The van der Waals surface area contributed by atoms with Crippen molar-refractivity contribution in [2.75, 3.05) is 17.8 Å². The molecule has 3 aromatic carbocycles. The monoisotopic (exact) mass is 562 g/mol. The molecule has 2 heterocycles. The molecule has 1 aromatic heterocycles. The van der Waals surface area contributed by atoms with Crippen molar-refractivity contribution in [3.8, 4) is 0 Å². The lowest BCUT2D eigenvalue weighted by molar-refractivity contribution is 0.0796. The molecule has 4 aromatic rings. The molecule has 1 aliphatic heterocycles. The first-order valence-corrected chi connectivity index (χ1v) is 13.6. The van der Waals surface area contributed by atoms with E-state index in [9.17, 15) is 13.2 Å². The van der Waals surface area contributed by atoms with E-state index in [0.29, 0.717) is 23.3 Å². The lowest BCUT2D eigenvalue weighted by Crippen LogP contribution is -2.37. The van der Waals surface area contributed by atoms with Gasteiger partial charge >= 0.3 is 0 Å². The van der Waals surface area contributed by atoms with E-state index in [0.717, 1.165) is 22.9 Å². The van der Waals surface area contributed by atoms with Gasteiger partial charge in [0.1, 0.15) is 4.90 Å². The molecule has 0 fully saturated rings. The van der Waals surface area contributed by atoms with Crippen molar-refractivity contribution < 1.29 is 13.2 Å². The first kappa shape index (κ1) is 24.0. The van der Waals surface area contributed by atoms with Crippen molar-refractivity contribution in [1.82, 2.24) is 14.8 Å². The Hall–Kier alpha value is -3.69. The fourth-order valence-electron chi connectivity index (χ4n) is 4.04. The highest BCUT2D eigenvalue weighted by atomic mass is 79.9. The molecule has 0 radical (unpaired) electrons. The van der Waals surface area contributed by atoms with Crippen LogP contribution in [0.15, 0.2) is 107 Å². The number of halogens is 1. The van der Waals surface area contributed by atoms with Gasteiger partial charge in [0.25, 0.3) is 15.9 Å². The maximum absolute atomic E-state index is 13.0. The number of fused-ring (bicyclic) bond motifs is 1. The summed E-state index contributed by atoms with van der Waals surface area (Å²) in [4.78, 5) is 21.1. The second-order valence-corrected chi connectivity index (χ2v) is 11.0. The molecule has 0 atom stereocenters. The quantitative estimate of drug-likeness (QED) is 0.348. The van der Waals surface area contributed by atoms with Gasteiger partial charge in [-0.05, 0) is 54.1 Å². The van der Waals surface area contributed by atoms with Crippen LogP contribution in [0, 0.1) is 0 Å². The number of para-hydroxylation sites is 1. The number of hydrogen-bond acceptors (Lipinski definition) is 5. The zero-order chi connectivity index (χ0) is 25.1. The number of amides is 1. The average Bonchev–Trinajstić information content (AvgIpc) is 2.90. The molecule has 9 heteroatoms. The topological polar surface area (TPSA) is 82.6 Å². The summed E-state index contributed by atoms with van der Waals surface area (Å²) < 4.78 is 29.7. The summed E-state index contributed by atoms with van der Waals surface area (Å²) in [6, 6.07) is 23.2. The van der Waals surface area contributed by atoms with Crippen molar-refractivity contribution in [1.29, 1.82) is 0 Å². The Kier molecular flexibility index (Phi) is 6.75. The molecular weight excluding hydrogens is 540 g/mol. The number of benzene rings is 3. The number of nitrogens with zero attached hydrogens (tertiary/aromatic N) is 3. The first-order valence-electron chi connectivity index (χ1n) is 11.3. The maximum atomic E-state index is 13.0. The highest BCUT2D eigenvalue weighted by Crippen LogP contribution is 2.24. The van der Waals surface area contributed by atoms with E-state index in [1.54, 1.807) is 53.7 Å². The molecule has 182 valence electrons. The number of hydrogen-bond donors (Lipinski definition) is 1. The lowest BCUT2D eigenvalue weighted by Gasteiger charge is -2.30. The minimum atomic E-state index is -3.86. The van der Waals surface area contributed by atoms with E-state index in [1.165, 1.54) is 11.6 Å². The van der Waals surface area contributed by atoms with Crippen LogP contribution >= 0.6 is 15.9 Å². The molecule has 0 saturated heterocycles. The summed E-state index contributed by atoms with van der Waals surface area (Å²) >= 11 is 3.45. The Labute approximate surface area is 218 Å². The number of carbonyl (C=O) groups excluding carboxylic acids is 1. The van der Waals surface area contributed by atoms with Crippen LogP contribution in [0.5, 0.6) is 0 Å². The lowest BCUT2D eigenvalue weighted by atomic mass is 10.1. The van der Waals surface area contributed by atoms with E-state index < -0.39 is 10.0 Å². The van der Waals surface area contributed by atoms with Gasteiger partial charge in [0.2, 0.25) is 0 Å². The van der Waals surface area contributed by atoms with Crippen LogP contribution in [-0.2, 0) is 16.6 Å². The van der Waals surface area contributed by atoms with E-state index in [-0.39, 0.29) is 10.8 Å². The molecule has 0 spiro atoms. The van der Waals surface area contributed by atoms with Gasteiger partial charge in [-0.25, -0.2) is 8.42 Å².